The van der Waals surface area contributed by atoms with Gasteiger partial charge in [0.05, 0.1) is 22.9 Å². The molecule has 1 saturated carbocycles. The van der Waals surface area contributed by atoms with Gasteiger partial charge in [-0.15, -0.1) is 0 Å². The van der Waals surface area contributed by atoms with Gasteiger partial charge in [-0.25, -0.2) is 13.2 Å². The number of rotatable bonds is 6. The summed E-state index contributed by atoms with van der Waals surface area (Å²) in [5, 5.41) is 9.05. The van der Waals surface area contributed by atoms with Gasteiger partial charge in [0.15, 0.2) is 15.9 Å². The Labute approximate surface area is 129 Å². The van der Waals surface area contributed by atoms with Gasteiger partial charge in [-0.05, 0) is 37.0 Å². The lowest BCUT2D eigenvalue weighted by Crippen LogP contribution is -2.23. The van der Waals surface area contributed by atoms with Crippen LogP contribution in [0.15, 0.2) is 29.2 Å². The zero-order valence-corrected chi connectivity index (χ0v) is 12.8. The van der Waals surface area contributed by atoms with Gasteiger partial charge in [-0.2, -0.15) is 0 Å². The van der Waals surface area contributed by atoms with Crippen molar-refractivity contribution in [3.63, 3.8) is 0 Å². The molecule has 3 rings (SSSR count). The summed E-state index contributed by atoms with van der Waals surface area (Å²) < 4.78 is 35.0. The molecular weight excluding hydrogens is 308 g/mol. The number of hydrogen-bond acceptors (Lipinski definition) is 5. The van der Waals surface area contributed by atoms with E-state index < -0.39 is 21.9 Å². The SMILES string of the molecule is O=C(O)C(O[C@H]1CCOC1)c1ccc(S(=O)(=O)C2CC2)cc1. The van der Waals surface area contributed by atoms with Gasteiger partial charge in [0.2, 0.25) is 0 Å². The molecule has 7 heteroatoms. The molecule has 0 radical (unpaired) electrons. The second-order valence-corrected chi connectivity index (χ2v) is 7.88. The fourth-order valence-corrected chi connectivity index (χ4v) is 4.15. The number of ether oxygens (including phenoxy) is 2. The van der Waals surface area contributed by atoms with E-state index in [1.165, 1.54) is 24.3 Å². The van der Waals surface area contributed by atoms with Gasteiger partial charge in [-0.1, -0.05) is 12.1 Å². The Morgan fingerprint density at radius 3 is 2.41 bits per heavy atom. The Hall–Kier alpha value is -1.44. The van der Waals surface area contributed by atoms with Crippen molar-refractivity contribution in [2.24, 2.45) is 0 Å². The topological polar surface area (TPSA) is 89.9 Å². The monoisotopic (exact) mass is 326 g/mol. The van der Waals surface area contributed by atoms with Crippen molar-refractivity contribution >= 4 is 15.8 Å². The fraction of sp³-hybridized carbons (Fsp3) is 0.533. The summed E-state index contributed by atoms with van der Waals surface area (Å²) in [6, 6.07) is 5.97. The molecule has 1 aromatic rings. The molecule has 1 unspecified atom stereocenters. The molecule has 0 spiro atoms. The van der Waals surface area contributed by atoms with Crippen molar-refractivity contribution in [2.45, 2.75) is 41.6 Å². The van der Waals surface area contributed by atoms with Crippen molar-refractivity contribution < 1.29 is 27.8 Å². The maximum atomic E-state index is 12.1. The first-order valence-corrected chi connectivity index (χ1v) is 8.83. The molecule has 6 nitrogen and oxygen atoms in total. The van der Waals surface area contributed by atoms with Gasteiger partial charge in [0.1, 0.15) is 0 Å². The zero-order valence-electron chi connectivity index (χ0n) is 12.0. The van der Waals surface area contributed by atoms with E-state index in [2.05, 4.69) is 0 Å². The molecule has 2 atom stereocenters. The third-order valence-electron chi connectivity index (χ3n) is 3.92. The average molecular weight is 326 g/mol. The van der Waals surface area contributed by atoms with Crippen LogP contribution in [0, 0.1) is 0 Å². The van der Waals surface area contributed by atoms with Crippen LogP contribution >= 0.6 is 0 Å². The second-order valence-electron chi connectivity index (χ2n) is 5.65. The van der Waals surface area contributed by atoms with Gasteiger partial charge in [-0.3, -0.25) is 0 Å². The van der Waals surface area contributed by atoms with Crippen LogP contribution in [0.1, 0.15) is 30.9 Å². The number of carboxylic acids is 1. The fourth-order valence-electron chi connectivity index (χ4n) is 2.50. The van der Waals surface area contributed by atoms with Crippen LogP contribution in [0.2, 0.25) is 0 Å². The minimum Gasteiger partial charge on any atom is -0.479 e. The van der Waals surface area contributed by atoms with Crippen molar-refractivity contribution in [1.29, 1.82) is 0 Å². The lowest BCUT2D eigenvalue weighted by molar-refractivity contribution is -0.155. The maximum Gasteiger partial charge on any atom is 0.337 e. The highest BCUT2D eigenvalue weighted by atomic mass is 32.2. The molecular formula is C15H18O6S. The molecule has 2 aliphatic rings. The molecule has 2 fully saturated rings. The number of carboxylic acid groups (broad SMARTS) is 1. The highest BCUT2D eigenvalue weighted by molar-refractivity contribution is 7.92. The molecule has 0 bridgehead atoms. The van der Waals surface area contributed by atoms with Crippen molar-refractivity contribution in [1.82, 2.24) is 0 Å². The first kappa shape index (κ1) is 15.5. The van der Waals surface area contributed by atoms with Gasteiger partial charge in [0.25, 0.3) is 0 Å². The molecule has 1 aliphatic carbocycles. The number of sulfone groups is 1. The van der Waals surface area contributed by atoms with Crippen molar-refractivity contribution in [3.05, 3.63) is 29.8 Å². The molecule has 1 aromatic carbocycles. The van der Waals surface area contributed by atoms with Crippen LogP contribution in [-0.4, -0.2) is 44.1 Å². The molecule has 1 heterocycles. The number of benzene rings is 1. The molecule has 0 aromatic heterocycles. The Balaban J connectivity index is 1.78. The Morgan fingerprint density at radius 1 is 1.23 bits per heavy atom. The molecule has 0 amide bonds. The van der Waals surface area contributed by atoms with Gasteiger partial charge < -0.3 is 14.6 Å². The summed E-state index contributed by atoms with van der Waals surface area (Å²) in [7, 11) is -3.26. The molecule has 120 valence electrons. The van der Waals surface area contributed by atoms with Crippen LogP contribution in [0.3, 0.4) is 0 Å². The third-order valence-corrected chi connectivity index (χ3v) is 6.19. The van der Waals surface area contributed by atoms with E-state index >= 15 is 0 Å². The van der Waals surface area contributed by atoms with E-state index in [9.17, 15) is 18.3 Å². The average Bonchev–Trinajstić information content (AvgIpc) is 3.24. The van der Waals surface area contributed by atoms with Crippen molar-refractivity contribution in [2.75, 3.05) is 13.2 Å². The Morgan fingerprint density at radius 2 is 1.91 bits per heavy atom. The predicted molar refractivity (Wildman–Crippen MR) is 77.3 cm³/mol. The summed E-state index contributed by atoms with van der Waals surface area (Å²) in [6.45, 7) is 0.952. The van der Waals surface area contributed by atoms with E-state index in [1.807, 2.05) is 0 Å². The van der Waals surface area contributed by atoms with E-state index in [-0.39, 0.29) is 16.2 Å². The van der Waals surface area contributed by atoms with E-state index in [0.717, 1.165) is 0 Å². The normalized spacial score (nSPS) is 23.4. The minimum absolute atomic E-state index is 0.240. The van der Waals surface area contributed by atoms with Gasteiger partial charge >= 0.3 is 5.97 Å². The highest BCUT2D eigenvalue weighted by Crippen LogP contribution is 2.34. The second kappa shape index (κ2) is 5.98. The maximum absolute atomic E-state index is 12.1. The lowest BCUT2D eigenvalue weighted by Gasteiger charge is -2.18. The zero-order chi connectivity index (χ0) is 15.7. The molecule has 1 aliphatic heterocycles. The summed E-state index contributed by atoms with van der Waals surface area (Å²) in [4.78, 5) is 11.6. The predicted octanol–water partition coefficient (Wildman–Crippen LogP) is 1.55. The van der Waals surface area contributed by atoms with E-state index in [4.69, 9.17) is 9.47 Å². The van der Waals surface area contributed by atoms with Crippen LogP contribution in [0.4, 0.5) is 0 Å². The molecule has 22 heavy (non-hydrogen) atoms. The van der Waals surface area contributed by atoms with Crippen LogP contribution in [-0.2, 0) is 24.1 Å². The summed E-state index contributed by atoms with van der Waals surface area (Å²) in [5.74, 6) is -1.09. The first-order valence-electron chi connectivity index (χ1n) is 7.28. The number of hydrogen-bond donors (Lipinski definition) is 1. The summed E-state index contributed by atoms with van der Waals surface area (Å²) >= 11 is 0. The van der Waals surface area contributed by atoms with E-state index in [0.29, 0.717) is 38.0 Å². The van der Waals surface area contributed by atoms with Crippen LogP contribution in [0.25, 0.3) is 0 Å². The third kappa shape index (κ3) is 3.16. The minimum atomic E-state index is -3.26. The first-order chi connectivity index (χ1) is 10.5. The molecule has 1 saturated heterocycles. The van der Waals surface area contributed by atoms with Crippen LogP contribution in [0.5, 0.6) is 0 Å². The summed E-state index contributed by atoms with van der Waals surface area (Å²) in [6.07, 6.45) is 0.720. The number of carbonyl (C=O) groups is 1. The Bertz CT molecular complexity index is 641. The lowest BCUT2D eigenvalue weighted by atomic mass is 10.1. The van der Waals surface area contributed by atoms with Gasteiger partial charge in [0, 0.05) is 6.61 Å². The van der Waals surface area contributed by atoms with Crippen molar-refractivity contribution in [3.8, 4) is 0 Å². The standard InChI is InChI=1S/C15H18O6S/c16-15(17)14(21-11-7-8-20-9-11)10-1-3-12(4-2-10)22(18,19)13-5-6-13/h1-4,11,13-14H,5-9H2,(H,16,17)/t11-,14?/m0/s1. The quantitative estimate of drug-likeness (QED) is 0.853. The highest BCUT2D eigenvalue weighted by Gasteiger charge is 2.37. The Kier molecular flexibility index (Phi) is 4.20. The largest absolute Gasteiger partial charge is 0.479 e. The van der Waals surface area contributed by atoms with Crippen LogP contribution < -0.4 is 0 Å². The number of aliphatic carboxylic acids is 1. The summed E-state index contributed by atoms with van der Waals surface area (Å²) in [5.41, 5.74) is 0.439. The van der Waals surface area contributed by atoms with E-state index in [1.54, 1.807) is 0 Å². The molecule has 1 N–H and O–H groups in total. The smallest absolute Gasteiger partial charge is 0.337 e.